The maximum Gasteiger partial charge on any atom is 0.220 e. The van der Waals surface area contributed by atoms with Crippen molar-refractivity contribution < 1.29 is 8.42 Å². The van der Waals surface area contributed by atoms with Crippen molar-refractivity contribution in [1.82, 2.24) is 4.72 Å². The number of sulfonamides is 1. The highest BCUT2D eigenvalue weighted by molar-refractivity contribution is 7.93. The van der Waals surface area contributed by atoms with Crippen LogP contribution in [0.25, 0.3) is 0 Å². The molecular weight excluding hydrogens is 232 g/mol. The van der Waals surface area contributed by atoms with E-state index >= 15 is 0 Å². The van der Waals surface area contributed by atoms with Crippen LogP contribution in [0.15, 0.2) is 0 Å². The van der Waals surface area contributed by atoms with E-state index in [0.29, 0.717) is 5.92 Å². The van der Waals surface area contributed by atoms with Gasteiger partial charge < -0.3 is 5.73 Å². The molecule has 1 aliphatic rings. The summed E-state index contributed by atoms with van der Waals surface area (Å²) in [5.74, 6) is 0.595. The van der Waals surface area contributed by atoms with Crippen LogP contribution in [-0.4, -0.2) is 24.7 Å². The molecule has 6 heteroatoms. The average molecular weight is 250 g/mol. The van der Waals surface area contributed by atoms with Crippen molar-refractivity contribution in [2.45, 2.75) is 44.4 Å². The fourth-order valence-electron chi connectivity index (χ4n) is 1.80. The highest BCUT2D eigenvalue weighted by Gasteiger charge is 2.29. The van der Waals surface area contributed by atoms with E-state index < -0.39 is 15.3 Å². The molecule has 0 radical (unpaired) electrons. The minimum atomic E-state index is -3.38. The van der Waals surface area contributed by atoms with E-state index in [2.05, 4.69) is 23.9 Å². The fraction of sp³-hybridized carbons (Fsp3) is 0.889. The molecule has 0 aromatic rings. The van der Waals surface area contributed by atoms with E-state index in [0.717, 1.165) is 19.3 Å². The molecular formula is C9H18N2O2S2. The molecule has 1 aliphatic carbocycles. The molecule has 1 saturated carbocycles. The largest absolute Gasteiger partial charge is 0.392 e. The molecule has 0 heterocycles. The van der Waals surface area contributed by atoms with Crippen LogP contribution in [0.3, 0.4) is 0 Å². The number of rotatable bonds is 4. The zero-order valence-electron chi connectivity index (χ0n) is 9.06. The summed E-state index contributed by atoms with van der Waals surface area (Å²) in [6.07, 6.45) is 2.89. The Morgan fingerprint density at radius 3 is 2.53 bits per heavy atom. The molecule has 1 fully saturated rings. The van der Waals surface area contributed by atoms with E-state index in [1.807, 2.05) is 0 Å². The molecule has 3 unspecified atom stereocenters. The first kappa shape index (κ1) is 12.9. The fourth-order valence-corrected chi connectivity index (χ4v) is 3.37. The summed E-state index contributed by atoms with van der Waals surface area (Å²) in [6.45, 7) is 3.65. The second-order valence-electron chi connectivity index (χ2n) is 4.32. The average Bonchev–Trinajstić information content (AvgIpc) is 2.48. The number of nitrogens with two attached hydrogens (primary N) is 1. The summed E-state index contributed by atoms with van der Waals surface area (Å²) in [7, 11) is -3.38. The van der Waals surface area contributed by atoms with Gasteiger partial charge in [-0.05, 0) is 32.1 Å². The first-order valence-corrected chi connectivity index (χ1v) is 7.09. The van der Waals surface area contributed by atoms with Crippen LogP contribution in [-0.2, 0) is 10.0 Å². The van der Waals surface area contributed by atoms with Gasteiger partial charge in [-0.2, -0.15) is 0 Å². The second-order valence-corrected chi connectivity index (χ2v) is 6.83. The maximum absolute atomic E-state index is 11.8. The molecule has 4 nitrogen and oxygen atoms in total. The van der Waals surface area contributed by atoms with Gasteiger partial charge in [-0.15, -0.1) is 0 Å². The smallest absolute Gasteiger partial charge is 0.220 e. The monoisotopic (exact) mass is 250 g/mol. The van der Waals surface area contributed by atoms with Gasteiger partial charge in [-0.25, -0.2) is 13.1 Å². The van der Waals surface area contributed by atoms with Gasteiger partial charge in [0.15, 0.2) is 0 Å². The van der Waals surface area contributed by atoms with E-state index in [4.69, 9.17) is 5.73 Å². The van der Waals surface area contributed by atoms with Gasteiger partial charge in [-0.1, -0.05) is 19.1 Å². The molecule has 0 aliphatic heterocycles. The van der Waals surface area contributed by atoms with Gasteiger partial charge in [0.1, 0.15) is 5.25 Å². The molecule has 0 aromatic carbocycles. The summed E-state index contributed by atoms with van der Waals surface area (Å²) in [4.78, 5) is 0.0218. The Bertz CT molecular complexity index is 340. The van der Waals surface area contributed by atoms with Gasteiger partial charge >= 0.3 is 0 Å². The minimum Gasteiger partial charge on any atom is -0.392 e. The van der Waals surface area contributed by atoms with E-state index in [1.165, 1.54) is 6.92 Å². The van der Waals surface area contributed by atoms with Crippen LogP contribution in [0.1, 0.15) is 33.1 Å². The van der Waals surface area contributed by atoms with Crippen LogP contribution in [0.2, 0.25) is 0 Å². The Morgan fingerprint density at radius 2 is 2.13 bits per heavy atom. The van der Waals surface area contributed by atoms with E-state index in [-0.39, 0.29) is 11.0 Å². The summed E-state index contributed by atoms with van der Waals surface area (Å²) >= 11 is 4.69. The lowest BCUT2D eigenvalue weighted by molar-refractivity contribution is 0.536. The van der Waals surface area contributed by atoms with Crippen molar-refractivity contribution >= 4 is 27.2 Å². The zero-order chi connectivity index (χ0) is 11.6. The highest BCUT2D eigenvalue weighted by Crippen LogP contribution is 2.25. The number of nitrogens with one attached hydrogen (secondary N) is 1. The first-order valence-electron chi connectivity index (χ1n) is 5.13. The lowest BCUT2D eigenvalue weighted by Gasteiger charge is -2.16. The van der Waals surface area contributed by atoms with Crippen molar-refractivity contribution in [1.29, 1.82) is 0 Å². The summed E-state index contributed by atoms with van der Waals surface area (Å²) in [6, 6.07) is 0.0572. The SMILES string of the molecule is CC1CCC(NS(=O)(=O)C(C)C(N)=S)C1. The number of hydrogen-bond acceptors (Lipinski definition) is 3. The predicted octanol–water partition coefficient (Wildman–Crippen LogP) is 0.769. The van der Waals surface area contributed by atoms with Crippen LogP contribution in [0, 0.1) is 5.92 Å². The molecule has 0 bridgehead atoms. The Balaban J connectivity index is 2.61. The molecule has 0 saturated heterocycles. The summed E-state index contributed by atoms with van der Waals surface area (Å²) in [5.41, 5.74) is 5.34. The van der Waals surface area contributed by atoms with Crippen LogP contribution in [0.5, 0.6) is 0 Å². The van der Waals surface area contributed by atoms with E-state index in [1.54, 1.807) is 0 Å². The molecule has 3 N–H and O–H groups in total. The van der Waals surface area contributed by atoms with Crippen molar-refractivity contribution in [3.63, 3.8) is 0 Å². The number of hydrogen-bond donors (Lipinski definition) is 2. The lowest BCUT2D eigenvalue weighted by atomic mass is 10.1. The summed E-state index contributed by atoms with van der Waals surface area (Å²) < 4.78 is 26.2. The van der Waals surface area contributed by atoms with Gasteiger partial charge in [0.2, 0.25) is 10.0 Å². The lowest BCUT2D eigenvalue weighted by Crippen LogP contribution is -2.43. The van der Waals surface area contributed by atoms with Crippen molar-refractivity contribution in [3.8, 4) is 0 Å². The Hall–Kier alpha value is -0.200. The standard InChI is InChI=1S/C9H18N2O2S2/c1-6-3-4-8(5-6)11-15(12,13)7(2)9(10)14/h6-8,11H,3-5H2,1-2H3,(H2,10,14). The minimum absolute atomic E-state index is 0.0218. The Morgan fingerprint density at radius 1 is 1.53 bits per heavy atom. The third kappa shape index (κ3) is 3.39. The van der Waals surface area contributed by atoms with Gasteiger partial charge in [-0.3, -0.25) is 0 Å². The summed E-state index contributed by atoms with van der Waals surface area (Å²) in [5, 5.41) is -0.789. The third-order valence-electron chi connectivity index (χ3n) is 2.89. The maximum atomic E-state index is 11.8. The normalized spacial score (nSPS) is 28.9. The van der Waals surface area contributed by atoms with Gasteiger partial charge in [0, 0.05) is 6.04 Å². The second kappa shape index (κ2) is 4.76. The van der Waals surface area contributed by atoms with Crippen LogP contribution < -0.4 is 10.5 Å². The van der Waals surface area contributed by atoms with Crippen molar-refractivity contribution in [2.24, 2.45) is 11.7 Å². The zero-order valence-corrected chi connectivity index (χ0v) is 10.7. The van der Waals surface area contributed by atoms with Crippen molar-refractivity contribution in [3.05, 3.63) is 0 Å². The molecule has 0 aromatic heterocycles. The molecule has 0 amide bonds. The van der Waals surface area contributed by atoms with Crippen LogP contribution in [0.4, 0.5) is 0 Å². The first-order chi connectivity index (χ1) is 6.83. The Labute approximate surface area is 96.7 Å². The van der Waals surface area contributed by atoms with Gasteiger partial charge in [0.05, 0.1) is 4.99 Å². The molecule has 88 valence electrons. The van der Waals surface area contributed by atoms with Crippen LogP contribution >= 0.6 is 12.2 Å². The molecule has 1 rings (SSSR count). The van der Waals surface area contributed by atoms with Gasteiger partial charge in [0.25, 0.3) is 0 Å². The molecule has 3 atom stereocenters. The topological polar surface area (TPSA) is 72.2 Å². The predicted molar refractivity (Wildman–Crippen MR) is 65.1 cm³/mol. The van der Waals surface area contributed by atoms with E-state index in [9.17, 15) is 8.42 Å². The quantitative estimate of drug-likeness (QED) is 0.723. The van der Waals surface area contributed by atoms with Crippen molar-refractivity contribution in [2.75, 3.05) is 0 Å². The highest BCUT2D eigenvalue weighted by atomic mass is 32.2. The molecule has 15 heavy (non-hydrogen) atoms. The third-order valence-corrected chi connectivity index (χ3v) is 5.24. The number of thiocarbonyl (C=S) groups is 1. The molecule has 0 spiro atoms. The Kier molecular flexibility index (Phi) is 4.08.